The van der Waals surface area contributed by atoms with Gasteiger partial charge in [0.1, 0.15) is 29.5 Å². The van der Waals surface area contributed by atoms with Gasteiger partial charge < -0.3 is 39.1 Å². The number of carbonyl (C=O) groups is 2. The molecule has 1 aromatic carbocycles. The lowest BCUT2D eigenvalue weighted by Gasteiger charge is -2.11. The molecule has 0 saturated carbocycles. The first kappa shape index (κ1) is 31.1. The highest BCUT2D eigenvalue weighted by Gasteiger charge is 2.13. The molecule has 4 aromatic rings. The largest absolute Gasteiger partial charge is 0.377 e. The maximum absolute atomic E-state index is 12.5. The van der Waals surface area contributed by atoms with Crippen molar-refractivity contribution in [1.29, 1.82) is 0 Å². The van der Waals surface area contributed by atoms with Crippen LogP contribution in [0.3, 0.4) is 0 Å². The standard InChI is InChI=1S/C28H33ClN6O7/c1-19(36)17-42-14-13-41-12-11-40-10-9-39-8-6-30-25(37)16-35-7-5-20-21(3-2-4-23(20)35)33-27-26-22(15-24(29)34-27)31-18-32-28(26)38/h2-5,7,15,18H,6,8-14,16-17H2,1H3,(H,30,37)(H,33,34)(H,31,32,38). The van der Waals surface area contributed by atoms with Gasteiger partial charge in [0.15, 0.2) is 5.78 Å². The Morgan fingerprint density at radius 1 is 1.00 bits per heavy atom. The molecule has 1 amide bonds. The van der Waals surface area contributed by atoms with Crippen molar-refractivity contribution in [2.75, 3.05) is 64.7 Å². The number of benzene rings is 1. The minimum atomic E-state index is -0.334. The fourth-order valence-corrected chi connectivity index (χ4v) is 4.28. The molecule has 0 atom stereocenters. The molecule has 14 heteroatoms. The Labute approximate surface area is 246 Å². The van der Waals surface area contributed by atoms with Gasteiger partial charge in [0.2, 0.25) is 5.91 Å². The number of nitrogens with one attached hydrogen (secondary N) is 3. The summed E-state index contributed by atoms with van der Waals surface area (Å²) in [6.07, 6.45) is 3.14. The second-order valence-corrected chi connectivity index (χ2v) is 9.56. The normalized spacial score (nSPS) is 11.3. The van der Waals surface area contributed by atoms with Crippen molar-refractivity contribution in [2.24, 2.45) is 0 Å². The van der Waals surface area contributed by atoms with Crippen LogP contribution in [0.1, 0.15) is 6.92 Å². The van der Waals surface area contributed by atoms with Crippen molar-refractivity contribution in [3.05, 3.63) is 58.4 Å². The number of hydrogen-bond donors (Lipinski definition) is 3. The Hall–Kier alpha value is -3.88. The first-order valence-corrected chi connectivity index (χ1v) is 13.8. The van der Waals surface area contributed by atoms with Crippen LogP contribution in [0.25, 0.3) is 21.8 Å². The van der Waals surface area contributed by atoms with E-state index in [0.717, 1.165) is 10.9 Å². The number of pyridine rings is 1. The van der Waals surface area contributed by atoms with Gasteiger partial charge in [-0.2, -0.15) is 0 Å². The van der Waals surface area contributed by atoms with Crippen LogP contribution >= 0.6 is 11.6 Å². The molecular formula is C28H33ClN6O7. The lowest BCUT2D eigenvalue weighted by molar-refractivity contribution is -0.122. The van der Waals surface area contributed by atoms with E-state index in [-0.39, 0.29) is 41.4 Å². The molecule has 3 heterocycles. The summed E-state index contributed by atoms with van der Waals surface area (Å²) in [4.78, 5) is 46.8. The summed E-state index contributed by atoms with van der Waals surface area (Å²) >= 11 is 6.16. The third kappa shape index (κ3) is 9.06. The summed E-state index contributed by atoms with van der Waals surface area (Å²) in [5.74, 6) is 0.114. The van der Waals surface area contributed by atoms with Gasteiger partial charge in [-0.3, -0.25) is 14.4 Å². The van der Waals surface area contributed by atoms with Crippen LogP contribution in [-0.2, 0) is 35.1 Å². The smallest absolute Gasteiger partial charge is 0.262 e. The van der Waals surface area contributed by atoms with E-state index in [4.69, 9.17) is 30.5 Å². The van der Waals surface area contributed by atoms with Crippen LogP contribution in [0.5, 0.6) is 0 Å². The molecule has 0 aliphatic rings. The molecule has 13 nitrogen and oxygen atoms in total. The molecule has 0 spiro atoms. The Kier molecular flexibility index (Phi) is 11.8. The van der Waals surface area contributed by atoms with Crippen LogP contribution in [0.15, 0.2) is 47.7 Å². The fraction of sp³-hybridized carbons (Fsp3) is 0.393. The third-order valence-corrected chi connectivity index (χ3v) is 6.16. The number of aromatic nitrogens is 4. The van der Waals surface area contributed by atoms with E-state index in [2.05, 4.69) is 25.6 Å². The zero-order valence-corrected chi connectivity index (χ0v) is 23.9. The number of nitrogens with zero attached hydrogens (tertiary/aromatic N) is 3. The summed E-state index contributed by atoms with van der Waals surface area (Å²) in [6, 6.07) is 9.02. The predicted molar refractivity (Wildman–Crippen MR) is 157 cm³/mol. The number of rotatable bonds is 18. The fourth-order valence-electron chi connectivity index (χ4n) is 4.10. The number of ketones is 1. The highest BCUT2D eigenvalue weighted by Crippen LogP contribution is 2.29. The van der Waals surface area contributed by atoms with Crippen LogP contribution in [0.4, 0.5) is 11.5 Å². The van der Waals surface area contributed by atoms with E-state index in [1.165, 1.54) is 19.3 Å². The van der Waals surface area contributed by atoms with Gasteiger partial charge in [-0.15, -0.1) is 0 Å². The molecule has 0 radical (unpaired) electrons. The van der Waals surface area contributed by atoms with E-state index in [1.807, 2.05) is 35.0 Å². The highest BCUT2D eigenvalue weighted by atomic mass is 35.5. The van der Waals surface area contributed by atoms with Crippen molar-refractivity contribution < 1.29 is 28.5 Å². The summed E-state index contributed by atoms with van der Waals surface area (Å²) in [5, 5.41) is 7.40. The molecule has 0 unspecified atom stereocenters. The van der Waals surface area contributed by atoms with Crippen LogP contribution in [0, 0.1) is 0 Å². The Morgan fingerprint density at radius 3 is 2.45 bits per heavy atom. The van der Waals surface area contributed by atoms with Gasteiger partial charge in [0.25, 0.3) is 5.56 Å². The third-order valence-electron chi connectivity index (χ3n) is 5.96. The SMILES string of the molecule is CC(=O)COCCOCCOCCOCCNC(=O)Cn1ccc2c(Nc3nc(Cl)cc4nc[nH]c(=O)c34)cccc21. The number of aromatic amines is 1. The lowest BCUT2D eigenvalue weighted by Crippen LogP contribution is -2.30. The summed E-state index contributed by atoms with van der Waals surface area (Å²) in [5.41, 5.74) is 1.62. The van der Waals surface area contributed by atoms with Gasteiger partial charge >= 0.3 is 0 Å². The molecule has 3 N–H and O–H groups in total. The quantitative estimate of drug-likeness (QED) is 0.114. The minimum Gasteiger partial charge on any atom is -0.377 e. The van der Waals surface area contributed by atoms with Crippen molar-refractivity contribution >= 4 is 56.6 Å². The van der Waals surface area contributed by atoms with Crippen molar-refractivity contribution in [2.45, 2.75) is 13.5 Å². The summed E-state index contributed by atoms with van der Waals surface area (Å²) in [7, 11) is 0. The molecule has 0 aliphatic heterocycles. The number of carbonyl (C=O) groups excluding carboxylic acids is 2. The average Bonchev–Trinajstić information content (AvgIpc) is 3.36. The number of halogens is 1. The zero-order valence-electron chi connectivity index (χ0n) is 23.2. The van der Waals surface area contributed by atoms with E-state index < -0.39 is 0 Å². The zero-order chi connectivity index (χ0) is 29.7. The first-order valence-electron chi connectivity index (χ1n) is 13.4. The molecule has 4 rings (SSSR count). The van der Waals surface area contributed by atoms with E-state index in [9.17, 15) is 14.4 Å². The van der Waals surface area contributed by atoms with Crippen LogP contribution in [0.2, 0.25) is 5.15 Å². The number of fused-ring (bicyclic) bond motifs is 2. The summed E-state index contributed by atoms with van der Waals surface area (Å²) in [6.45, 7) is 4.85. The number of hydrogen-bond acceptors (Lipinski definition) is 10. The van der Waals surface area contributed by atoms with Crippen LogP contribution in [-0.4, -0.2) is 90.6 Å². The van der Waals surface area contributed by atoms with Crippen molar-refractivity contribution in [1.82, 2.24) is 24.8 Å². The summed E-state index contributed by atoms with van der Waals surface area (Å²) < 4.78 is 23.2. The molecule has 0 fully saturated rings. The van der Waals surface area contributed by atoms with Gasteiger partial charge in [0.05, 0.1) is 63.6 Å². The first-order chi connectivity index (χ1) is 20.4. The van der Waals surface area contributed by atoms with Gasteiger partial charge in [0, 0.05) is 29.9 Å². The Bertz CT molecular complexity index is 1560. The second-order valence-electron chi connectivity index (χ2n) is 9.17. The molecule has 3 aromatic heterocycles. The molecule has 42 heavy (non-hydrogen) atoms. The molecular weight excluding hydrogens is 568 g/mol. The minimum absolute atomic E-state index is 0.0167. The molecule has 0 bridgehead atoms. The number of amides is 1. The second kappa shape index (κ2) is 15.9. The maximum atomic E-state index is 12.5. The molecule has 0 saturated heterocycles. The van der Waals surface area contributed by atoms with Crippen molar-refractivity contribution in [3.8, 4) is 0 Å². The van der Waals surface area contributed by atoms with Gasteiger partial charge in [-0.25, -0.2) is 9.97 Å². The molecule has 0 aliphatic carbocycles. The number of anilines is 2. The Balaban J connectivity index is 1.17. The predicted octanol–water partition coefficient (Wildman–Crippen LogP) is 2.44. The van der Waals surface area contributed by atoms with Crippen molar-refractivity contribution in [3.63, 3.8) is 0 Å². The average molecular weight is 601 g/mol. The lowest BCUT2D eigenvalue weighted by atomic mass is 10.2. The number of H-pyrrole nitrogens is 1. The highest BCUT2D eigenvalue weighted by molar-refractivity contribution is 6.30. The molecule has 224 valence electrons. The maximum Gasteiger partial charge on any atom is 0.262 e. The Morgan fingerprint density at radius 2 is 1.71 bits per heavy atom. The van der Waals surface area contributed by atoms with Crippen LogP contribution < -0.4 is 16.2 Å². The van der Waals surface area contributed by atoms with E-state index in [1.54, 1.807) is 0 Å². The number of Topliss-reactive ketones (excluding diaryl/α,β-unsaturated/α-hetero) is 1. The van der Waals surface area contributed by atoms with Gasteiger partial charge in [-0.05, 0) is 25.1 Å². The topological polar surface area (TPSA) is 159 Å². The van der Waals surface area contributed by atoms with E-state index >= 15 is 0 Å². The number of ether oxygens (including phenoxy) is 4. The van der Waals surface area contributed by atoms with E-state index in [0.29, 0.717) is 69.4 Å². The monoisotopic (exact) mass is 600 g/mol. The van der Waals surface area contributed by atoms with Gasteiger partial charge in [-0.1, -0.05) is 17.7 Å².